The first-order valence-corrected chi connectivity index (χ1v) is 5.11. The lowest BCUT2D eigenvalue weighted by Crippen LogP contribution is -2.44. The summed E-state index contributed by atoms with van der Waals surface area (Å²) >= 11 is 0. The smallest absolute Gasteiger partial charge is 0.223 e. The first-order valence-electron chi connectivity index (χ1n) is 5.11. The van der Waals surface area contributed by atoms with Crippen molar-refractivity contribution in [2.45, 2.75) is 32.7 Å². The van der Waals surface area contributed by atoms with Crippen LogP contribution in [0.15, 0.2) is 0 Å². The van der Waals surface area contributed by atoms with Gasteiger partial charge in [0.1, 0.15) is 0 Å². The number of amides is 1. The Morgan fingerprint density at radius 3 is 2.62 bits per heavy atom. The zero-order valence-corrected chi connectivity index (χ0v) is 8.39. The molecule has 1 aliphatic carbocycles. The van der Waals surface area contributed by atoms with Gasteiger partial charge in [0, 0.05) is 25.0 Å². The van der Waals surface area contributed by atoms with Crippen molar-refractivity contribution in [3.8, 4) is 0 Å². The largest absolute Gasteiger partial charge is 0.351 e. The van der Waals surface area contributed by atoms with Crippen LogP contribution in [-0.2, 0) is 4.79 Å². The maximum Gasteiger partial charge on any atom is 0.223 e. The van der Waals surface area contributed by atoms with Crippen LogP contribution < -0.4 is 10.6 Å². The number of carbonyl (C=O) groups excluding carboxylic acids is 1. The van der Waals surface area contributed by atoms with Crippen LogP contribution in [0.5, 0.6) is 0 Å². The highest BCUT2D eigenvalue weighted by atomic mass is 16.2. The van der Waals surface area contributed by atoms with Gasteiger partial charge in [0.25, 0.3) is 0 Å². The van der Waals surface area contributed by atoms with Crippen molar-refractivity contribution in [1.29, 1.82) is 0 Å². The molecule has 1 heterocycles. The third kappa shape index (κ3) is 1.85. The van der Waals surface area contributed by atoms with Crippen LogP contribution in [0.2, 0.25) is 0 Å². The average Bonchev–Trinajstić information content (AvgIpc) is 2.80. The monoisotopic (exact) mass is 182 g/mol. The minimum absolute atomic E-state index is 0.213. The molecule has 1 aliphatic heterocycles. The van der Waals surface area contributed by atoms with Gasteiger partial charge in [-0.3, -0.25) is 4.79 Å². The van der Waals surface area contributed by atoms with Gasteiger partial charge in [-0.05, 0) is 18.3 Å². The van der Waals surface area contributed by atoms with Gasteiger partial charge in [0.15, 0.2) is 0 Å². The Kier molecular flexibility index (Phi) is 2.06. The molecule has 2 rings (SSSR count). The van der Waals surface area contributed by atoms with Crippen molar-refractivity contribution in [3.63, 3.8) is 0 Å². The summed E-state index contributed by atoms with van der Waals surface area (Å²) in [6.07, 6.45) is 2.18. The third-order valence-electron chi connectivity index (χ3n) is 3.14. The first-order chi connectivity index (χ1) is 6.09. The van der Waals surface area contributed by atoms with E-state index in [4.69, 9.17) is 0 Å². The molecule has 1 atom stereocenters. The van der Waals surface area contributed by atoms with Crippen LogP contribution in [0.1, 0.15) is 26.7 Å². The molecule has 1 amide bonds. The molecule has 74 valence electrons. The molecule has 0 bridgehead atoms. The number of hydrogen-bond donors (Lipinski definition) is 2. The number of hydrogen-bond acceptors (Lipinski definition) is 2. The Morgan fingerprint density at radius 2 is 2.15 bits per heavy atom. The summed E-state index contributed by atoms with van der Waals surface area (Å²) in [4.78, 5) is 11.5. The second-order valence-electron chi connectivity index (χ2n) is 4.95. The van der Waals surface area contributed by atoms with E-state index in [2.05, 4.69) is 24.5 Å². The van der Waals surface area contributed by atoms with Gasteiger partial charge < -0.3 is 10.6 Å². The molecule has 1 saturated heterocycles. The van der Waals surface area contributed by atoms with E-state index in [1.165, 1.54) is 0 Å². The Labute approximate surface area is 79.3 Å². The molecule has 1 saturated carbocycles. The van der Waals surface area contributed by atoms with Crippen LogP contribution in [-0.4, -0.2) is 25.0 Å². The summed E-state index contributed by atoms with van der Waals surface area (Å²) in [6.45, 7) is 6.32. The van der Waals surface area contributed by atoms with Crippen LogP contribution in [0.25, 0.3) is 0 Å². The van der Waals surface area contributed by atoms with E-state index < -0.39 is 0 Å². The SMILES string of the molecule is CC1(C)CNCC1NC(=O)C1CC1. The molecule has 13 heavy (non-hydrogen) atoms. The van der Waals surface area contributed by atoms with Gasteiger partial charge >= 0.3 is 0 Å². The lowest BCUT2D eigenvalue weighted by atomic mass is 9.88. The molecule has 1 unspecified atom stereocenters. The quantitative estimate of drug-likeness (QED) is 0.653. The second-order valence-corrected chi connectivity index (χ2v) is 4.95. The molecular formula is C10H18N2O. The van der Waals surface area contributed by atoms with Crippen molar-refractivity contribution in [3.05, 3.63) is 0 Å². The van der Waals surface area contributed by atoms with E-state index in [1.54, 1.807) is 0 Å². The van der Waals surface area contributed by atoms with Gasteiger partial charge in [-0.15, -0.1) is 0 Å². The average molecular weight is 182 g/mol. The fourth-order valence-corrected chi connectivity index (χ4v) is 1.82. The van der Waals surface area contributed by atoms with E-state index in [0.29, 0.717) is 12.0 Å². The number of rotatable bonds is 2. The predicted octanol–water partition coefficient (Wildman–Crippen LogP) is 0.511. The van der Waals surface area contributed by atoms with E-state index >= 15 is 0 Å². The zero-order valence-electron chi connectivity index (χ0n) is 8.39. The van der Waals surface area contributed by atoms with Gasteiger partial charge in [-0.1, -0.05) is 13.8 Å². The Morgan fingerprint density at radius 1 is 1.46 bits per heavy atom. The summed E-state index contributed by atoms with van der Waals surface area (Å²) in [6, 6.07) is 0.320. The third-order valence-corrected chi connectivity index (χ3v) is 3.14. The molecule has 3 nitrogen and oxygen atoms in total. The molecule has 0 aromatic carbocycles. The predicted molar refractivity (Wildman–Crippen MR) is 51.3 cm³/mol. The Bertz CT molecular complexity index is 221. The normalized spacial score (nSPS) is 31.7. The van der Waals surface area contributed by atoms with E-state index in [9.17, 15) is 4.79 Å². The van der Waals surface area contributed by atoms with Crippen LogP contribution >= 0.6 is 0 Å². The summed E-state index contributed by atoms with van der Waals surface area (Å²) in [5, 5.41) is 6.44. The van der Waals surface area contributed by atoms with Gasteiger partial charge in [0.2, 0.25) is 5.91 Å². The fraction of sp³-hybridized carbons (Fsp3) is 0.900. The minimum atomic E-state index is 0.213. The van der Waals surface area contributed by atoms with Crippen molar-refractivity contribution >= 4 is 5.91 Å². The highest BCUT2D eigenvalue weighted by Crippen LogP contribution is 2.30. The Balaban J connectivity index is 1.89. The van der Waals surface area contributed by atoms with Gasteiger partial charge in [0.05, 0.1) is 0 Å². The number of carbonyl (C=O) groups is 1. The van der Waals surface area contributed by atoms with Crippen molar-refractivity contribution in [1.82, 2.24) is 10.6 Å². The lowest BCUT2D eigenvalue weighted by molar-refractivity contribution is -0.123. The summed E-state index contributed by atoms with van der Waals surface area (Å²) in [5.74, 6) is 0.596. The summed E-state index contributed by atoms with van der Waals surface area (Å²) in [7, 11) is 0. The van der Waals surface area contributed by atoms with Crippen LogP contribution in [0.4, 0.5) is 0 Å². The summed E-state index contributed by atoms with van der Waals surface area (Å²) < 4.78 is 0. The molecule has 2 fully saturated rings. The first kappa shape index (κ1) is 9.00. The van der Waals surface area contributed by atoms with E-state index in [0.717, 1.165) is 25.9 Å². The van der Waals surface area contributed by atoms with Crippen molar-refractivity contribution in [2.75, 3.05) is 13.1 Å². The fourth-order valence-electron chi connectivity index (χ4n) is 1.82. The molecule has 0 aromatic rings. The highest BCUT2D eigenvalue weighted by molar-refractivity contribution is 5.81. The zero-order chi connectivity index (χ0) is 9.47. The van der Waals surface area contributed by atoms with Gasteiger partial charge in [-0.25, -0.2) is 0 Å². The maximum absolute atomic E-state index is 11.5. The molecule has 2 aliphatic rings. The maximum atomic E-state index is 11.5. The highest BCUT2D eigenvalue weighted by Gasteiger charge is 2.38. The van der Waals surface area contributed by atoms with Crippen LogP contribution in [0, 0.1) is 11.3 Å². The molecular weight excluding hydrogens is 164 g/mol. The molecule has 0 radical (unpaired) electrons. The van der Waals surface area contributed by atoms with E-state index in [1.807, 2.05) is 0 Å². The summed E-state index contributed by atoms with van der Waals surface area (Å²) in [5.41, 5.74) is 0.213. The number of nitrogens with one attached hydrogen (secondary N) is 2. The molecule has 0 spiro atoms. The molecule has 2 N–H and O–H groups in total. The molecule has 0 aromatic heterocycles. The standard InChI is InChI=1S/C10H18N2O/c1-10(2)6-11-5-8(10)12-9(13)7-3-4-7/h7-8,11H,3-6H2,1-2H3,(H,12,13). The second kappa shape index (κ2) is 2.98. The molecule has 3 heteroatoms. The van der Waals surface area contributed by atoms with E-state index in [-0.39, 0.29) is 11.3 Å². The van der Waals surface area contributed by atoms with Crippen molar-refractivity contribution < 1.29 is 4.79 Å². The lowest BCUT2D eigenvalue weighted by Gasteiger charge is -2.26. The minimum Gasteiger partial charge on any atom is -0.351 e. The Hall–Kier alpha value is -0.570. The van der Waals surface area contributed by atoms with Crippen LogP contribution in [0.3, 0.4) is 0 Å². The van der Waals surface area contributed by atoms with Gasteiger partial charge in [-0.2, -0.15) is 0 Å². The van der Waals surface area contributed by atoms with Crippen molar-refractivity contribution in [2.24, 2.45) is 11.3 Å². The topological polar surface area (TPSA) is 41.1 Å².